The van der Waals surface area contributed by atoms with E-state index in [0.717, 1.165) is 19.3 Å². The van der Waals surface area contributed by atoms with Crippen LogP contribution in [0.3, 0.4) is 0 Å². The molecule has 0 saturated heterocycles. The van der Waals surface area contributed by atoms with Gasteiger partial charge in [-0.1, -0.05) is 129 Å². The lowest BCUT2D eigenvalue weighted by atomic mass is 9.69. The number of carboxylic acid groups (broad SMARTS) is 1. The first-order valence-corrected chi connectivity index (χ1v) is 12.9. The third-order valence-electron chi connectivity index (χ3n) is 7.00. The molecule has 0 unspecified atom stereocenters. The molecule has 1 aliphatic rings. The highest BCUT2D eigenvalue weighted by molar-refractivity contribution is 5.67. The zero-order valence-corrected chi connectivity index (χ0v) is 19.1. The SMILES string of the molecule is CCCCCCCCCCCCCCCCCCC1(CC(=O)O)CCCCC1. The largest absolute Gasteiger partial charge is 0.481 e. The van der Waals surface area contributed by atoms with E-state index >= 15 is 0 Å². The molecule has 0 radical (unpaired) electrons. The first kappa shape index (κ1) is 25.5. The maximum absolute atomic E-state index is 11.2. The molecule has 1 rings (SSSR count). The Labute approximate surface area is 176 Å². The van der Waals surface area contributed by atoms with E-state index in [2.05, 4.69) is 6.92 Å². The molecule has 0 spiro atoms. The lowest BCUT2D eigenvalue weighted by Crippen LogP contribution is -2.27. The van der Waals surface area contributed by atoms with Crippen molar-refractivity contribution in [3.63, 3.8) is 0 Å². The van der Waals surface area contributed by atoms with Gasteiger partial charge in [-0.3, -0.25) is 4.79 Å². The summed E-state index contributed by atoms with van der Waals surface area (Å²) in [5.74, 6) is -0.585. The summed E-state index contributed by atoms with van der Waals surface area (Å²) in [4.78, 5) is 11.2. The minimum Gasteiger partial charge on any atom is -0.481 e. The van der Waals surface area contributed by atoms with Crippen molar-refractivity contribution in [3.8, 4) is 0 Å². The lowest BCUT2D eigenvalue weighted by molar-refractivity contribution is -0.140. The third kappa shape index (κ3) is 13.6. The summed E-state index contributed by atoms with van der Waals surface area (Å²) in [6, 6.07) is 0. The van der Waals surface area contributed by atoms with Crippen LogP contribution in [0, 0.1) is 5.41 Å². The van der Waals surface area contributed by atoms with E-state index in [1.54, 1.807) is 0 Å². The Morgan fingerprint density at radius 3 is 1.43 bits per heavy atom. The average Bonchev–Trinajstić information content (AvgIpc) is 2.68. The van der Waals surface area contributed by atoms with E-state index in [1.807, 2.05) is 0 Å². The van der Waals surface area contributed by atoms with Gasteiger partial charge >= 0.3 is 5.97 Å². The topological polar surface area (TPSA) is 37.3 Å². The second-order valence-corrected chi connectivity index (χ2v) is 9.68. The van der Waals surface area contributed by atoms with E-state index in [4.69, 9.17) is 0 Å². The molecule has 0 aromatic carbocycles. The molecule has 0 atom stereocenters. The molecule has 1 aliphatic carbocycles. The summed E-state index contributed by atoms with van der Waals surface area (Å²) in [5.41, 5.74) is 0.139. The van der Waals surface area contributed by atoms with Crippen LogP contribution in [-0.2, 0) is 4.79 Å². The molecule has 28 heavy (non-hydrogen) atoms. The van der Waals surface area contributed by atoms with Crippen LogP contribution in [0.1, 0.15) is 155 Å². The van der Waals surface area contributed by atoms with Gasteiger partial charge in [-0.2, -0.15) is 0 Å². The molecular weight excluding hydrogens is 344 g/mol. The molecule has 0 heterocycles. The summed E-state index contributed by atoms with van der Waals surface area (Å²) in [7, 11) is 0. The number of hydrogen-bond donors (Lipinski definition) is 1. The van der Waals surface area contributed by atoms with Crippen molar-refractivity contribution in [2.45, 2.75) is 155 Å². The van der Waals surface area contributed by atoms with Gasteiger partial charge in [-0.15, -0.1) is 0 Å². The number of hydrogen-bond acceptors (Lipinski definition) is 1. The fraction of sp³-hybridized carbons (Fsp3) is 0.962. The van der Waals surface area contributed by atoms with Crippen LogP contribution in [0.15, 0.2) is 0 Å². The Morgan fingerprint density at radius 2 is 1.04 bits per heavy atom. The molecule has 0 bridgehead atoms. The van der Waals surface area contributed by atoms with Crippen LogP contribution in [-0.4, -0.2) is 11.1 Å². The molecule has 1 saturated carbocycles. The van der Waals surface area contributed by atoms with Gasteiger partial charge in [0.15, 0.2) is 0 Å². The minimum atomic E-state index is -0.585. The van der Waals surface area contributed by atoms with Gasteiger partial charge in [0.05, 0.1) is 6.42 Å². The van der Waals surface area contributed by atoms with E-state index in [1.165, 1.54) is 122 Å². The molecule has 0 aromatic rings. The van der Waals surface area contributed by atoms with Crippen molar-refractivity contribution in [1.82, 2.24) is 0 Å². The number of carbonyl (C=O) groups is 1. The Morgan fingerprint density at radius 1 is 0.643 bits per heavy atom. The zero-order chi connectivity index (χ0) is 20.3. The Balaban J connectivity index is 1.86. The van der Waals surface area contributed by atoms with Gasteiger partial charge < -0.3 is 5.11 Å². The van der Waals surface area contributed by atoms with Crippen LogP contribution in [0.5, 0.6) is 0 Å². The molecule has 166 valence electrons. The molecule has 1 N–H and O–H groups in total. The van der Waals surface area contributed by atoms with Crippen molar-refractivity contribution >= 4 is 5.97 Å². The number of carboxylic acids is 1. The van der Waals surface area contributed by atoms with Gasteiger partial charge in [0.25, 0.3) is 0 Å². The van der Waals surface area contributed by atoms with Crippen molar-refractivity contribution in [1.29, 1.82) is 0 Å². The van der Waals surface area contributed by atoms with Crippen LogP contribution >= 0.6 is 0 Å². The predicted octanol–water partition coefficient (Wildman–Crippen LogP) is 9.06. The van der Waals surface area contributed by atoms with Gasteiger partial charge in [0, 0.05) is 0 Å². The van der Waals surface area contributed by atoms with Crippen LogP contribution < -0.4 is 0 Å². The zero-order valence-electron chi connectivity index (χ0n) is 19.1. The van der Waals surface area contributed by atoms with Crippen molar-refractivity contribution in [2.75, 3.05) is 0 Å². The normalized spacial score (nSPS) is 16.3. The van der Waals surface area contributed by atoms with Gasteiger partial charge in [-0.25, -0.2) is 0 Å². The molecule has 0 aliphatic heterocycles. The molecule has 2 nitrogen and oxygen atoms in total. The molecule has 0 amide bonds. The molecule has 1 fully saturated rings. The monoisotopic (exact) mass is 394 g/mol. The minimum absolute atomic E-state index is 0.139. The molecular formula is C26H50O2. The second kappa shape index (κ2) is 17.3. The smallest absolute Gasteiger partial charge is 0.303 e. The average molecular weight is 395 g/mol. The van der Waals surface area contributed by atoms with Crippen LogP contribution in [0.25, 0.3) is 0 Å². The number of unbranched alkanes of at least 4 members (excludes halogenated alkanes) is 15. The van der Waals surface area contributed by atoms with E-state index in [-0.39, 0.29) is 5.41 Å². The fourth-order valence-corrected chi connectivity index (χ4v) is 5.19. The van der Waals surface area contributed by atoms with Gasteiger partial charge in [-0.05, 0) is 24.7 Å². The molecule has 0 aromatic heterocycles. The van der Waals surface area contributed by atoms with Gasteiger partial charge in [0.1, 0.15) is 0 Å². The summed E-state index contributed by atoms with van der Waals surface area (Å²) >= 11 is 0. The number of aliphatic carboxylic acids is 1. The summed E-state index contributed by atoms with van der Waals surface area (Å²) in [5, 5.41) is 9.27. The second-order valence-electron chi connectivity index (χ2n) is 9.68. The predicted molar refractivity (Wildman–Crippen MR) is 122 cm³/mol. The fourth-order valence-electron chi connectivity index (χ4n) is 5.19. The van der Waals surface area contributed by atoms with E-state index in [0.29, 0.717) is 6.42 Å². The quantitative estimate of drug-likeness (QED) is 0.222. The maximum atomic E-state index is 11.2. The Hall–Kier alpha value is -0.530. The summed E-state index contributed by atoms with van der Waals surface area (Å²) in [6.45, 7) is 2.29. The van der Waals surface area contributed by atoms with Gasteiger partial charge in [0.2, 0.25) is 0 Å². The third-order valence-corrected chi connectivity index (χ3v) is 7.00. The van der Waals surface area contributed by atoms with Crippen molar-refractivity contribution < 1.29 is 9.90 Å². The highest BCUT2D eigenvalue weighted by Gasteiger charge is 2.33. The highest BCUT2D eigenvalue weighted by atomic mass is 16.4. The summed E-state index contributed by atoms with van der Waals surface area (Å²) in [6.07, 6.45) is 30.1. The maximum Gasteiger partial charge on any atom is 0.303 e. The standard InChI is InChI=1S/C26H50O2/c1-2-3-4-5-6-7-8-9-10-11-12-13-14-15-16-18-21-26(24-25(27)28)22-19-17-20-23-26/h2-24H2,1H3,(H,27,28). The number of rotatable bonds is 19. The van der Waals surface area contributed by atoms with Crippen LogP contribution in [0.2, 0.25) is 0 Å². The Bertz CT molecular complexity index is 357. The highest BCUT2D eigenvalue weighted by Crippen LogP contribution is 2.43. The summed E-state index contributed by atoms with van der Waals surface area (Å²) < 4.78 is 0. The first-order chi connectivity index (χ1) is 13.7. The van der Waals surface area contributed by atoms with Crippen molar-refractivity contribution in [2.24, 2.45) is 5.41 Å². The Kier molecular flexibility index (Phi) is 15.8. The van der Waals surface area contributed by atoms with E-state index < -0.39 is 5.97 Å². The molecule has 2 heteroatoms. The lowest BCUT2D eigenvalue weighted by Gasteiger charge is -2.36. The van der Waals surface area contributed by atoms with E-state index in [9.17, 15) is 9.90 Å². The van der Waals surface area contributed by atoms with Crippen molar-refractivity contribution in [3.05, 3.63) is 0 Å². The van der Waals surface area contributed by atoms with Crippen LogP contribution in [0.4, 0.5) is 0 Å². The first-order valence-electron chi connectivity index (χ1n) is 12.9.